The molecule has 8 heteroatoms. The molecule has 0 radical (unpaired) electrons. The molecule has 34 heavy (non-hydrogen) atoms. The number of thioether (sulfide) groups is 1. The maximum Gasteiger partial charge on any atom is 0.410 e. The Labute approximate surface area is 213 Å². The van der Waals surface area contributed by atoms with Crippen LogP contribution in [-0.2, 0) is 11.2 Å². The highest BCUT2D eigenvalue weighted by molar-refractivity contribution is 9.10. The number of methoxy groups -OCH3 is 1. The second kappa shape index (κ2) is 9.63. The lowest BCUT2D eigenvalue weighted by molar-refractivity contribution is -0.0273. The van der Waals surface area contributed by atoms with Crippen molar-refractivity contribution in [3.63, 3.8) is 0 Å². The molecule has 1 aliphatic heterocycles. The molecule has 3 aliphatic rings. The smallest absolute Gasteiger partial charge is 0.410 e. The largest absolute Gasteiger partial charge is 0.493 e. The Bertz CT molecular complexity index is 1070. The third kappa shape index (κ3) is 3.88. The van der Waals surface area contributed by atoms with Crippen molar-refractivity contribution in [2.24, 2.45) is 5.92 Å². The van der Waals surface area contributed by atoms with E-state index in [9.17, 15) is 9.90 Å². The Morgan fingerprint density at radius 3 is 2.74 bits per heavy atom. The average molecular weight is 548 g/mol. The number of likely N-dealkylation sites (N-methyl/N-ethyl adjacent to an activating group) is 1. The van der Waals surface area contributed by atoms with Crippen LogP contribution in [0.15, 0.2) is 45.8 Å². The fourth-order valence-corrected chi connectivity index (χ4v) is 7.83. The zero-order valence-electron chi connectivity index (χ0n) is 19.6. The lowest BCUT2D eigenvalue weighted by Crippen LogP contribution is -2.57. The van der Waals surface area contributed by atoms with Gasteiger partial charge in [-0.3, -0.25) is 0 Å². The van der Waals surface area contributed by atoms with Gasteiger partial charge >= 0.3 is 6.09 Å². The average Bonchev–Trinajstić information content (AvgIpc) is 3.24. The number of hydrogen-bond acceptors (Lipinski definition) is 6. The van der Waals surface area contributed by atoms with Crippen molar-refractivity contribution < 1.29 is 24.1 Å². The molecule has 2 aliphatic carbocycles. The number of carbonyl (C=O) groups is 1. The summed E-state index contributed by atoms with van der Waals surface area (Å²) in [5, 5.41) is 11.5. The van der Waals surface area contributed by atoms with E-state index in [0.29, 0.717) is 25.3 Å². The fourth-order valence-electron chi connectivity index (χ4n) is 5.97. The number of halogens is 1. The van der Waals surface area contributed by atoms with E-state index in [-0.39, 0.29) is 35.3 Å². The van der Waals surface area contributed by atoms with Crippen LogP contribution < -0.4 is 9.47 Å². The number of amides is 1. The summed E-state index contributed by atoms with van der Waals surface area (Å²) in [6.07, 6.45) is 0.166. The summed E-state index contributed by atoms with van der Waals surface area (Å²) in [6, 6.07) is 12.1. The van der Waals surface area contributed by atoms with Crippen LogP contribution >= 0.6 is 27.7 Å². The molecule has 182 valence electrons. The summed E-state index contributed by atoms with van der Waals surface area (Å²) < 4.78 is 18.5. The molecule has 1 fully saturated rings. The quantitative estimate of drug-likeness (QED) is 0.532. The van der Waals surface area contributed by atoms with Crippen LogP contribution in [0.1, 0.15) is 37.3 Å². The monoisotopic (exact) mass is 547 g/mol. The molecule has 0 saturated heterocycles. The molecule has 1 amide bonds. The van der Waals surface area contributed by atoms with Crippen molar-refractivity contribution in [1.82, 2.24) is 4.90 Å². The van der Waals surface area contributed by atoms with Gasteiger partial charge in [0.05, 0.1) is 13.7 Å². The number of carbonyl (C=O) groups excluding carboxylic acids is 1. The molecule has 0 spiro atoms. The Balaban J connectivity index is 1.58. The lowest BCUT2D eigenvalue weighted by Gasteiger charge is -2.49. The molecule has 0 aromatic heterocycles. The number of nitrogens with zero attached hydrogens (tertiary/aromatic N) is 1. The molecule has 1 N–H and O–H groups in total. The summed E-state index contributed by atoms with van der Waals surface area (Å²) in [4.78, 5) is 15.9. The standard InChI is InChI=1S/C26H30BrNO5S/c1-4-28(26(30)32-5-2)18-11-15-17(27)13-19(31-3)24-21(15)22-16(18)12-20(23(29)25(22)33-24)34-14-9-7-6-8-10-14/h6-10,13,16,18,20,22-23,25,29H,4-5,11-12H2,1-3H3/t16-,18+,20+,22?,23-,25+/m0/s1. The minimum Gasteiger partial charge on any atom is -0.493 e. The normalized spacial score (nSPS) is 28.6. The van der Waals surface area contributed by atoms with Gasteiger partial charge in [0.15, 0.2) is 11.5 Å². The van der Waals surface area contributed by atoms with Crippen molar-refractivity contribution in [3.8, 4) is 11.5 Å². The number of rotatable bonds is 6. The summed E-state index contributed by atoms with van der Waals surface area (Å²) in [5.74, 6) is 1.53. The van der Waals surface area contributed by atoms with Crippen LogP contribution in [0.3, 0.4) is 0 Å². The molecule has 2 aromatic rings. The first-order chi connectivity index (χ1) is 16.5. The highest BCUT2D eigenvalue weighted by Gasteiger charge is 2.57. The summed E-state index contributed by atoms with van der Waals surface area (Å²) in [7, 11) is 1.64. The zero-order valence-corrected chi connectivity index (χ0v) is 22.0. The van der Waals surface area contributed by atoms with E-state index in [1.807, 2.05) is 43.0 Å². The summed E-state index contributed by atoms with van der Waals surface area (Å²) in [6.45, 7) is 4.74. The first kappa shape index (κ1) is 23.8. The van der Waals surface area contributed by atoms with E-state index in [0.717, 1.165) is 32.7 Å². The molecule has 1 unspecified atom stereocenters. The maximum absolute atomic E-state index is 13.0. The molecule has 5 rings (SSSR count). The molecular formula is C26H30BrNO5S. The topological polar surface area (TPSA) is 68.2 Å². The van der Waals surface area contributed by atoms with E-state index < -0.39 is 6.10 Å². The molecule has 2 aromatic carbocycles. The van der Waals surface area contributed by atoms with Gasteiger partial charge in [0, 0.05) is 38.7 Å². The molecule has 1 heterocycles. The minimum atomic E-state index is -0.647. The zero-order chi connectivity index (χ0) is 24.0. The van der Waals surface area contributed by atoms with Gasteiger partial charge in [0.2, 0.25) is 0 Å². The predicted molar refractivity (Wildman–Crippen MR) is 135 cm³/mol. The number of ether oxygens (including phenoxy) is 3. The van der Waals surface area contributed by atoms with E-state index in [1.165, 1.54) is 0 Å². The first-order valence-corrected chi connectivity index (χ1v) is 13.5. The lowest BCUT2D eigenvalue weighted by atomic mass is 9.64. The van der Waals surface area contributed by atoms with Gasteiger partial charge in [-0.15, -0.1) is 11.8 Å². The SMILES string of the molecule is CCOC(=O)N(CC)[C@@H]1Cc2c(Br)cc(OC)c3c2C2[C@H]1C[C@@H](Sc1ccccc1)[C@H](O)[C@@H]2O3. The number of hydrogen-bond donors (Lipinski definition) is 1. The molecule has 0 bridgehead atoms. The van der Waals surface area contributed by atoms with Crippen molar-refractivity contribution in [2.75, 3.05) is 20.3 Å². The second-order valence-electron chi connectivity index (χ2n) is 9.01. The third-order valence-electron chi connectivity index (χ3n) is 7.37. The van der Waals surface area contributed by atoms with Crippen LogP contribution in [0.25, 0.3) is 0 Å². The van der Waals surface area contributed by atoms with Gasteiger partial charge in [-0.2, -0.15) is 0 Å². The molecule has 1 saturated carbocycles. The van der Waals surface area contributed by atoms with Crippen LogP contribution in [0, 0.1) is 5.92 Å². The Hall–Kier alpha value is -1.90. The molecular weight excluding hydrogens is 518 g/mol. The highest BCUT2D eigenvalue weighted by Crippen LogP contribution is 2.60. The van der Waals surface area contributed by atoms with Crippen molar-refractivity contribution >= 4 is 33.8 Å². The van der Waals surface area contributed by atoms with Crippen LogP contribution in [0.2, 0.25) is 0 Å². The Morgan fingerprint density at radius 1 is 1.29 bits per heavy atom. The van der Waals surface area contributed by atoms with Crippen LogP contribution in [-0.4, -0.2) is 59.9 Å². The minimum absolute atomic E-state index is 0.0127. The number of aliphatic hydroxyl groups excluding tert-OH is 1. The van der Waals surface area contributed by atoms with Gasteiger partial charge in [0.1, 0.15) is 12.2 Å². The third-order valence-corrected chi connectivity index (χ3v) is 9.39. The van der Waals surface area contributed by atoms with E-state index >= 15 is 0 Å². The number of benzene rings is 2. The van der Waals surface area contributed by atoms with Gasteiger partial charge < -0.3 is 24.2 Å². The maximum atomic E-state index is 13.0. The second-order valence-corrected chi connectivity index (χ2v) is 11.2. The van der Waals surface area contributed by atoms with E-state index in [4.69, 9.17) is 14.2 Å². The van der Waals surface area contributed by atoms with Crippen molar-refractivity contribution in [2.45, 2.75) is 61.0 Å². The van der Waals surface area contributed by atoms with Gasteiger partial charge in [0.25, 0.3) is 0 Å². The van der Waals surface area contributed by atoms with Crippen LogP contribution in [0.5, 0.6) is 11.5 Å². The predicted octanol–water partition coefficient (Wildman–Crippen LogP) is 5.25. The Kier molecular flexibility index (Phi) is 6.75. The van der Waals surface area contributed by atoms with Gasteiger partial charge in [-0.05, 0) is 56.4 Å². The first-order valence-electron chi connectivity index (χ1n) is 11.9. The van der Waals surface area contributed by atoms with Crippen molar-refractivity contribution in [1.29, 1.82) is 0 Å². The van der Waals surface area contributed by atoms with Crippen molar-refractivity contribution in [3.05, 3.63) is 52.0 Å². The highest BCUT2D eigenvalue weighted by atomic mass is 79.9. The fraction of sp³-hybridized carbons (Fsp3) is 0.500. The Morgan fingerprint density at radius 2 is 2.06 bits per heavy atom. The number of aliphatic hydroxyl groups is 1. The van der Waals surface area contributed by atoms with E-state index in [1.54, 1.807) is 18.9 Å². The van der Waals surface area contributed by atoms with E-state index in [2.05, 4.69) is 28.1 Å². The van der Waals surface area contributed by atoms with Gasteiger partial charge in [-0.1, -0.05) is 34.1 Å². The van der Waals surface area contributed by atoms with Gasteiger partial charge in [-0.25, -0.2) is 4.79 Å². The van der Waals surface area contributed by atoms with Crippen LogP contribution in [0.4, 0.5) is 4.79 Å². The summed E-state index contributed by atoms with van der Waals surface area (Å²) in [5.41, 5.74) is 2.26. The molecule has 6 atom stereocenters. The molecule has 6 nitrogen and oxygen atoms in total. The summed E-state index contributed by atoms with van der Waals surface area (Å²) >= 11 is 5.43.